The van der Waals surface area contributed by atoms with Crippen LogP contribution in [0, 0.1) is 0 Å². The van der Waals surface area contributed by atoms with Gasteiger partial charge >= 0.3 is 41.5 Å². The summed E-state index contributed by atoms with van der Waals surface area (Å²) in [5, 5.41) is 26.1. The number of phenolic OH excluding ortho intramolecular Hbond substituents is 1. The summed E-state index contributed by atoms with van der Waals surface area (Å²) >= 11 is 0. The Kier molecular flexibility index (Phi) is 9.17. The zero-order valence-corrected chi connectivity index (χ0v) is 11.5. The molecule has 6 heteroatoms. The molecule has 2 aromatic rings. The van der Waals surface area contributed by atoms with Gasteiger partial charge in [0.25, 0.3) is 0 Å². The number of rotatable bonds is 3. The van der Waals surface area contributed by atoms with Crippen molar-refractivity contribution < 1.29 is 24.9 Å². The Morgan fingerprint density at radius 1 is 0.955 bits per heavy atom. The molecule has 0 aliphatic heterocycles. The average molecular weight is 312 g/mol. The van der Waals surface area contributed by atoms with Gasteiger partial charge in [-0.1, -0.05) is 25.1 Å². The van der Waals surface area contributed by atoms with Gasteiger partial charge in [-0.05, 0) is 42.3 Å². The van der Waals surface area contributed by atoms with Gasteiger partial charge in [-0.15, -0.1) is 0 Å². The molecule has 0 saturated carbocycles. The first kappa shape index (κ1) is 20.2. The van der Waals surface area contributed by atoms with Crippen molar-refractivity contribution in [2.45, 2.75) is 13.3 Å². The first-order valence-corrected chi connectivity index (χ1v) is 6.29. The van der Waals surface area contributed by atoms with Crippen molar-refractivity contribution in [2.24, 2.45) is 0 Å². The predicted octanol–water partition coefficient (Wildman–Crippen LogP) is 2.39. The molecule has 3 N–H and O–H groups in total. The van der Waals surface area contributed by atoms with Gasteiger partial charge in [0.05, 0.1) is 11.1 Å². The molecule has 0 heterocycles. The zero-order valence-electron chi connectivity index (χ0n) is 11.5. The monoisotopic (exact) mass is 312 g/mol. The molecule has 0 amide bonds. The van der Waals surface area contributed by atoms with Gasteiger partial charge in [-0.25, -0.2) is 9.59 Å². The minimum atomic E-state index is -0.952. The molecule has 0 spiro atoms. The van der Waals surface area contributed by atoms with Gasteiger partial charge in [0.2, 0.25) is 0 Å². The van der Waals surface area contributed by atoms with Crippen molar-refractivity contribution in [1.29, 1.82) is 0 Å². The van der Waals surface area contributed by atoms with Crippen molar-refractivity contribution >= 4 is 41.5 Å². The quantitative estimate of drug-likeness (QED) is 0.756. The van der Waals surface area contributed by atoms with E-state index in [0.717, 1.165) is 0 Å². The molecule has 22 heavy (non-hydrogen) atoms. The van der Waals surface area contributed by atoms with Gasteiger partial charge in [-0.3, -0.25) is 0 Å². The number of phenols is 1. The Labute approximate surface area is 150 Å². The summed E-state index contributed by atoms with van der Waals surface area (Å²) in [6.45, 7) is 1.85. The Morgan fingerprint density at radius 2 is 1.55 bits per heavy atom. The number of aromatic hydroxyl groups is 1. The van der Waals surface area contributed by atoms with Gasteiger partial charge in [0.1, 0.15) is 5.75 Å². The number of carboxylic acids is 2. The second-order valence-corrected chi connectivity index (χ2v) is 4.17. The maximum atomic E-state index is 10.6. The third-order valence-corrected chi connectivity index (χ3v) is 2.72. The van der Waals surface area contributed by atoms with Crippen LogP contribution < -0.4 is 0 Å². The number of carboxylic acid groups (broad SMARTS) is 2. The standard InChI is InChI=1S/C9H10O3.C7H6O2.Na.H/c1-2-6-5-7(10)3-4-8(6)9(11)12;8-7(9)6-4-2-1-3-5-6;;/h3-5,10H,2H2,1H3,(H,11,12);1-5H,(H,8,9);;. The zero-order chi connectivity index (χ0) is 15.8. The van der Waals surface area contributed by atoms with Gasteiger partial charge in [-0.2, -0.15) is 0 Å². The van der Waals surface area contributed by atoms with Crippen LogP contribution in [0.1, 0.15) is 33.2 Å². The number of aryl methyl sites for hydroxylation is 1. The topological polar surface area (TPSA) is 94.8 Å². The molecule has 0 radical (unpaired) electrons. The van der Waals surface area contributed by atoms with E-state index in [-0.39, 0.29) is 40.9 Å². The molecule has 0 unspecified atom stereocenters. The predicted molar refractivity (Wildman–Crippen MR) is 85.0 cm³/mol. The minimum absolute atomic E-state index is 0. The molecule has 2 rings (SSSR count). The van der Waals surface area contributed by atoms with Gasteiger partial charge < -0.3 is 15.3 Å². The van der Waals surface area contributed by atoms with Crippen molar-refractivity contribution in [1.82, 2.24) is 0 Å². The number of aromatic carboxylic acids is 2. The van der Waals surface area contributed by atoms with E-state index in [1.165, 1.54) is 18.2 Å². The first-order valence-electron chi connectivity index (χ1n) is 6.29. The van der Waals surface area contributed by atoms with Crippen LogP contribution >= 0.6 is 0 Å². The van der Waals surface area contributed by atoms with Crippen LogP contribution in [0.25, 0.3) is 0 Å². The summed E-state index contributed by atoms with van der Waals surface area (Å²) in [4.78, 5) is 20.8. The fraction of sp³-hybridized carbons (Fsp3) is 0.125. The van der Waals surface area contributed by atoms with Crippen LogP contribution in [-0.2, 0) is 6.42 Å². The molecule has 0 saturated heterocycles. The van der Waals surface area contributed by atoms with E-state index in [4.69, 9.17) is 15.3 Å². The molecule has 0 aliphatic rings. The number of carbonyl (C=O) groups is 2. The summed E-state index contributed by atoms with van der Waals surface area (Å²) in [6, 6.07) is 12.6. The molecule has 112 valence electrons. The maximum absolute atomic E-state index is 10.6. The Hall–Kier alpha value is -1.82. The van der Waals surface area contributed by atoms with Crippen LogP contribution in [-0.4, -0.2) is 56.8 Å². The molecule has 2 aromatic carbocycles. The van der Waals surface area contributed by atoms with E-state index in [1.54, 1.807) is 30.3 Å². The van der Waals surface area contributed by atoms with E-state index < -0.39 is 11.9 Å². The van der Waals surface area contributed by atoms with Crippen LogP contribution in [0.15, 0.2) is 48.5 Å². The molecule has 0 aromatic heterocycles. The second-order valence-electron chi connectivity index (χ2n) is 4.17. The third-order valence-electron chi connectivity index (χ3n) is 2.72. The number of benzene rings is 2. The number of hydrogen-bond acceptors (Lipinski definition) is 3. The fourth-order valence-corrected chi connectivity index (χ4v) is 1.66. The molecule has 5 nitrogen and oxygen atoms in total. The van der Waals surface area contributed by atoms with Crippen molar-refractivity contribution in [3.8, 4) is 5.75 Å². The normalized spacial score (nSPS) is 8.95. The second kappa shape index (κ2) is 10.00. The molecule has 0 aliphatic carbocycles. The summed E-state index contributed by atoms with van der Waals surface area (Å²) in [7, 11) is 0. The summed E-state index contributed by atoms with van der Waals surface area (Å²) in [5.41, 5.74) is 1.25. The van der Waals surface area contributed by atoms with E-state index in [9.17, 15) is 9.59 Å². The Bertz CT molecular complexity index is 626. The van der Waals surface area contributed by atoms with Crippen molar-refractivity contribution in [2.75, 3.05) is 0 Å². The number of hydrogen-bond donors (Lipinski definition) is 3. The fourth-order valence-electron chi connectivity index (χ4n) is 1.66. The molecule has 0 atom stereocenters. The van der Waals surface area contributed by atoms with Crippen molar-refractivity contribution in [3.05, 3.63) is 65.2 Å². The molecule has 0 fully saturated rings. The Balaban J connectivity index is 0.000000397. The summed E-state index contributed by atoms with van der Waals surface area (Å²) in [6.07, 6.45) is 0.607. The van der Waals surface area contributed by atoms with Gasteiger partial charge in [0, 0.05) is 0 Å². The van der Waals surface area contributed by atoms with Crippen LogP contribution in [0.4, 0.5) is 0 Å². The summed E-state index contributed by atoms with van der Waals surface area (Å²) < 4.78 is 0. The van der Waals surface area contributed by atoms with Crippen molar-refractivity contribution in [3.63, 3.8) is 0 Å². The van der Waals surface area contributed by atoms with Crippen LogP contribution in [0.5, 0.6) is 5.75 Å². The van der Waals surface area contributed by atoms with E-state index in [2.05, 4.69) is 0 Å². The summed E-state index contributed by atoms with van der Waals surface area (Å²) in [5.74, 6) is -1.72. The third kappa shape index (κ3) is 6.30. The molecular weight excluding hydrogens is 295 g/mol. The van der Waals surface area contributed by atoms with E-state index in [1.807, 2.05) is 6.92 Å². The molecule has 0 bridgehead atoms. The van der Waals surface area contributed by atoms with Gasteiger partial charge in [0.15, 0.2) is 0 Å². The van der Waals surface area contributed by atoms with Crippen LogP contribution in [0.2, 0.25) is 0 Å². The first-order chi connectivity index (χ1) is 9.95. The van der Waals surface area contributed by atoms with E-state index in [0.29, 0.717) is 17.5 Å². The average Bonchev–Trinajstić information content (AvgIpc) is 2.48. The van der Waals surface area contributed by atoms with E-state index >= 15 is 0 Å². The SMILES string of the molecule is CCc1cc(O)ccc1C(=O)O.O=C(O)c1ccccc1.[NaH]. The Morgan fingerprint density at radius 3 is 1.95 bits per heavy atom. The molecular formula is C16H17NaO5. The van der Waals surface area contributed by atoms with Crippen LogP contribution in [0.3, 0.4) is 0 Å².